The van der Waals surface area contributed by atoms with Crippen LogP contribution in [0.5, 0.6) is 0 Å². The van der Waals surface area contributed by atoms with Gasteiger partial charge < -0.3 is 4.52 Å². The Kier molecular flexibility index (Phi) is 5.00. The summed E-state index contributed by atoms with van der Waals surface area (Å²) in [5, 5.41) is 6.20. The van der Waals surface area contributed by atoms with Gasteiger partial charge in [0, 0.05) is 23.5 Å². The summed E-state index contributed by atoms with van der Waals surface area (Å²) < 4.78 is 5.41. The summed E-state index contributed by atoms with van der Waals surface area (Å²) >= 11 is 1.77. The van der Waals surface area contributed by atoms with E-state index in [1.165, 1.54) is 10.4 Å². The summed E-state index contributed by atoms with van der Waals surface area (Å²) in [6.07, 6.45) is 1.90. The lowest BCUT2D eigenvalue weighted by Gasteiger charge is -2.18. The molecule has 0 spiro atoms. The largest absolute Gasteiger partial charge is 0.338 e. The van der Waals surface area contributed by atoms with Crippen molar-refractivity contribution in [1.29, 1.82) is 0 Å². The second-order valence-corrected chi connectivity index (χ2v) is 6.36. The van der Waals surface area contributed by atoms with E-state index in [4.69, 9.17) is 4.52 Å². The van der Waals surface area contributed by atoms with Crippen LogP contribution in [0.2, 0.25) is 0 Å². The highest BCUT2D eigenvalue weighted by Gasteiger charge is 2.14. The van der Waals surface area contributed by atoms with Crippen molar-refractivity contribution in [2.24, 2.45) is 0 Å². The van der Waals surface area contributed by atoms with Gasteiger partial charge in [0.15, 0.2) is 0 Å². The topological polar surface area (TPSA) is 42.2 Å². The summed E-state index contributed by atoms with van der Waals surface area (Å²) in [6, 6.07) is 12.0. The first-order chi connectivity index (χ1) is 11.3. The molecule has 2 heterocycles. The molecule has 0 aliphatic carbocycles. The molecule has 0 unspecified atom stereocenters. The summed E-state index contributed by atoms with van der Waals surface area (Å²) in [5.74, 6) is 1.26. The molecule has 0 bridgehead atoms. The van der Waals surface area contributed by atoms with E-state index in [0.29, 0.717) is 18.3 Å². The number of nitrogens with zero attached hydrogens (tertiary/aromatic N) is 3. The number of thiophene rings is 1. The van der Waals surface area contributed by atoms with Crippen LogP contribution in [0.4, 0.5) is 0 Å². The van der Waals surface area contributed by atoms with Gasteiger partial charge in [0.1, 0.15) is 0 Å². The molecule has 4 nitrogen and oxygen atoms in total. The van der Waals surface area contributed by atoms with E-state index in [-0.39, 0.29) is 0 Å². The third-order valence-electron chi connectivity index (χ3n) is 3.58. The Balaban J connectivity index is 1.72. The van der Waals surface area contributed by atoms with Crippen molar-refractivity contribution < 1.29 is 4.52 Å². The van der Waals surface area contributed by atoms with Crippen LogP contribution in [0.1, 0.15) is 16.3 Å². The molecule has 0 fully saturated rings. The lowest BCUT2D eigenvalue weighted by molar-refractivity contribution is 0.240. The predicted molar refractivity (Wildman–Crippen MR) is 93.1 cm³/mol. The Morgan fingerprint density at radius 2 is 2.04 bits per heavy atom. The van der Waals surface area contributed by atoms with Gasteiger partial charge in [0.2, 0.25) is 11.7 Å². The van der Waals surface area contributed by atoms with Crippen molar-refractivity contribution in [3.63, 3.8) is 0 Å². The number of hydrogen-bond donors (Lipinski definition) is 0. The highest BCUT2D eigenvalue weighted by molar-refractivity contribution is 7.10. The Hall–Kier alpha value is -2.24. The predicted octanol–water partition coefficient (Wildman–Crippen LogP) is 4.29. The lowest BCUT2D eigenvalue weighted by atomic mass is 10.2. The molecule has 2 aromatic heterocycles. The van der Waals surface area contributed by atoms with Gasteiger partial charge in [-0.1, -0.05) is 41.6 Å². The number of aryl methyl sites for hydroxylation is 1. The van der Waals surface area contributed by atoms with Gasteiger partial charge in [-0.3, -0.25) is 4.90 Å². The normalized spacial score (nSPS) is 11.0. The molecule has 0 saturated heterocycles. The van der Waals surface area contributed by atoms with Gasteiger partial charge in [0.05, 0.1) is 6.54 Å². The number of aromatic nitrogens is 2. The molecule has 3 rings (SSSR count). The van der Waals surface area contributed by atoms with Gasteiger partial charge in [-0.05, 0) is 23.9 Å². The van der Waals surface area contributed by atoms with E-state index in [0.717, 1.165) is 18.7 Å². The van der Waals surface area contributed by atoms with E-state index in [1.807, 2.05) is 36.4 Å². The van der Waals surface area contributed by atoms with Crippen LogP contribution < -0.4 is 0 Å². The van der Waals surface area contributed by atoms with Crippen LogP contribution in [0.15, 0.2) is 59.0 Å². The first-order valence-electron chi connectivity index (χ1n) is 7.50. The zero-order valence-corrected chi connectivity index (χ0v) is 13.9. The fourth-order valence-electron chi connectivity index (χ4n) is 2.35. The Bertz CT molecular complexity index is 763. The van der Waals surface area contributed by atoms with Crippen molar-refractivity contribution >= 4 is 11.3 Å². The van der Waals surface area contributed by atoms with Crippen molar-refractivity contribution in [2.75, 3.05) is 6.54 Å². The number of benzene rings is 1. The quantitative estimate of drug-likeness (QED) is 0.608. The molecule has 5 heteroatoms. The highest BCUT2D eigenvalue weighted by atomic mass is 32.1. The Morgan fingerprint density at radius 1 is 1.22 bits per heavy atom. The second-order valence-electron chi connectivity index (χ2n) is 5.36. The van der Waals surface area contributed by atoms with Crippen LogP contribution in [0.3, 0.4) is 0 Å². The molecular formula is C18H19N3OS. The average Bonchev–Trinajstić information content (AvgIpc) is 3.18. The molecule has 0 aliphatic rings. The Morgan fingerprint density at radius 3 is 2.74 bits per heavy atom. The van der Waals surface area contributed by atoms with E-state index < -0.39 is 0 Å². The van der Waals surface area contributed by atoms with Crippen molar-refractivity contribution in [1.82, 2.24) is 15.0 Å². The van der Waals surface area contributed by atoms with Gasteiger partial charge in [-0.25, -0.2) is 0 Å². The smallest absolute Gasteiger partial charge is 0.241 e. The molecule has 23 heavy (non-hydrogen) atoms. The minimum absolute atomic E-state index is 0.614. The highest BCUT2D eigenvalue weighted by Crippen LogP contribution is 2.20. The molecule has 1 aromatic carbocycles. The zero-order chi connectivity index (χ0) is 16.1. The zero-order valence-electron chi connectivity index (χ0n) is 13.1. The molecule has 0 N–H and O–H groups in total. The molecule has 0 amide bonds. The summed E-state index contributed by atoms with van der Waals surface area (Å²) in [5.41, 5.74) is 2.28. The SMILES string of the molecule is C=CCN(Cc1nc(-c2ccccc2)no1)Cc1sccc1C. The van der Waals surface area contributed by atoms with Crippen molar-refractivity contribution in [3.8, 4) is 11.4 Å². The maximum Gasteiger partial charge on any atom is 0.241 e. The minimum Gasteiger partial charge on any atom is -0.338 e. The van der Waals surface area contributed by atoms with Gasteiger partial charge in [-0.2, -0.15) is 4.98 Å². The monoisotopic (exact) mass is 325 g/mol. The van der Waals surface area contributed by atoms with Gasteiger partial charge in [-0.15, -0.1) is 17.9 Å². The molecule has 0 radical (unpaired) electrons. The number of hydrogen-bond acceptors (Lipinski definition) is 5. The van der Waals surface area contributed by atoms with Crippen LogP contribution in [0.25, 0.3) is 11.4 Å². The molecule has 3 aromatic rings. The van der Waals surface area contributed by atoms with E-state index in [2.05, 4.69) is 40.0 Å². The standard InChI is InChI=1S/C18H19N3OS/c1-3-10-21(12-16-14(2)9-11-23-16)13-17-19-18(20-22-17)15-7-5-4-6-8-15/h3-9,11H,1,10,12-13H2,2H3. The summed E-state index contributed by atoms with van der Waals surface area (Å²) in [7, 11) is 0. The minimum atomic E-state index is 0.614. The third-order valence-corrected chi connectivity index (χ3v) is 4.59. The molecule has 0 saturated carbocycles. The lowest BCUT2D eigenvalue weighted by Crippen LogP contribution is -2.22. The Labute approximate surface area is 140 Å². The van der Waals surface area contributed by atoms with Crippen LogP contribution in [0, 0.1) is 6.92 Å². The van der Waals surface area contributed by atoms with Crippen LogP contribution >= 0.6 is 11.3 Å². The number of rotatable bonds is 7. The van der Waals surface area contributed by atoms with Crippen molar-refractivity contribution in [2.45, 2.75) is 20.0 Å². The average molecular weight is 325 g/mol. The van der Waals surface area contributed by atoms with E-state index >= 15 is 0 Å². The third kappa shape index (κ3) is 3.94. The first-order valence-corrected chi connectivity index (χ1v) is 8.38. The second kappa shape index (κ2) is 7.35. The van der Waals surface area contributed by atoms with Gasteiger partial charge in [0.25, 0.3) is 0 Å². The van der Waals surface area contributed by atoms with Crippen molar-refractivity contribution in [3.05, 3.63) is 70.8 Å². The fourth-order valence-corrected chi connectivity index (χ4v) is 3.30. The maximum absolute atomic E-state index is 5.41. The van der Waals surface area contributed by atoms with E-state index in [9.17, 15) is 0 Å². The maximum atomic E-state index is 5.41. The van der Waals surface area contributed by atoms with Crippen LogP contribution in [-0.4, -0.2) is 21.6 Å². The molecule has 118 valence electrons. The first kappa shape index (κ1) is 15.6. The van der Waals surface area contributed by atoms with Gasteiger partial charge >= 0.3 is 0 Å². The summed E-state index contributed by atoms with van der Waals surface area (Å²) in [6.45, 7) is 8.23. The molecule has 0 atom stereocenters. The summed E-state index contributed by atoms with van der Waals surface area (Å²) in [4.78, 5) is 8.10. The van der Waals surface area contributed by atoms with E-state index in [1.54, 1.807) is 11.3 Å². The molecule has 0 aliphatic heterocycles. The molecular weight excluding hydrogens is 306 g/mol. The van der Waals surface area contributed by atoms with Crippen LogP contribution in [-0.2, 0) is 13.1 Å². The fraction of sp³-hybridized carbons (Fsp3) is 0.222.